The maximum absolute atomic E-state index is 12.7. The SMILES string of the molecule is O=C(Nc1ccc(Cl)cc1)C1CCN(c2ncnc3c2nc2n3CCCCC2)CC1. The molecule has 0 atom stereocenters. The molecule has 7 nitrogen and oxygen atoms in total. The molecule has 1 fully saturated rings. The molecule has 1 aromatic carbocycles. The number of aromatic nitrogens is 4. The summed E-state index contributed by atoms with van der Waals surface area (Å²) in [5, 5.41) is 3.67. The molecule has 156 valence electrons. The number of imidazole rings is 1. The van der Waals surface area contributed by atoms with Crippen LogP contribution in [0.2, 0.25) is 5.02 Å². The Balaban J connectivity index is 1.29. The van der Waals surface area contributed by atoms with Gasteiger partial charge in [0, 0.05) is 42.7 Å². The molecule has 1 amide bonds. The zero-order valence-electron chi connectivity index (χ0n) is 16.9. The number of hydrogen-bond donors (Lipinski definition) is 1. The van der Waals surface area contributed by atoms with Crippen LogP contribution in [0.5, 0.6) is 0 Å². The van der Waals surface area contributed by atoms with Crippen LogP contribution in [0.4, 0.5) is 11.5 Å². The van der Waals surface area contributed by atoms with Crippen LogP contribution in [0.25, 0.3) is 11.2 Å². The number of halogens is 1. The second-order valence-corrected chi connectivity index (χ2v) is 8.55. The highest BCUT2D eigenvalue weighted by molar-refractivity contribution is 6.30. The summed E-state index contributed by atoms with van der Waals surface area (Å²) in [7, 11) is 0. The van der Waals surface area contributed by atoms with E-state index >= 15 is 0 Å². The van der Waals surface area contributed by atoms with Gasteiger partial charge in [0.25, 0.3) is 0 Å². The number of carbonyl (C=O) groups is 1. The Labute approximate surface area is 180 Å². The first kappa shape index (κ1) is 19.3. The smallest absolute Gasteiger partial charge is 0.227 e. The number of amides is 1. The average Bonchev–Trinajstić information content (AvgIpc) is 2.96. The maximum Gasteiger partial charge on any atom is 0.227 e. The number of piperidine rings is 1. The first-order chi connectivity index (χ1) is 14.7. The van der Waals surface area contributed by atoms with E-state index in [-0.39, 0.29) is 11.8 Å². The van der Waals surface area contributed by atoms with Crippen molar-refractivity contribution in [3.8, 4) is 0 Å². The van der Waals surface area contributed by atoms with Gasteiger partial charge < -0.3 is 14.8 Å². The van der Waals surface area contributed by atoms with Gasteiger partial charge in [-0.2, -0.15) is 0 Å². The summed E-state index contributed by atoms with van der Waals surface area (Å²) < 4.78 is 2.26. The third-order valence-corrected chi connectivity index (χ3v) is 6.40. The van der Waals surface area contributed by atoms with Crippen molar-refractivity contribution in [3.63, 3.8) is 0 Å². The Morgan fingerprint density at radius 3 is 2.63 bits per heavy atom. The minimum atomic E-state index is -0.00651. The molecule has 0 bridgehead atoms. The van der Waals surface area contributed by atoms with Crippen LogP contribution in [0.15, 0.2) is 30.6 Å². The minimum Gasteiger partial charge on any atom is -0.355 e. The largest absolute Gasteiger partial charge is 0.355 e. The summed E-state index contributed by atoms with van der Waals surface area (Å²) in [5.41, 5.74) is 2.63. The van der Waals surface area contributed by atoms with E-state index in [0.717, 1.165) is 67.4 Å². The van der Waals surface area contributed by atoms with Crippen LogP contribution >= 0.6 is 11.6 Å². The summed E-state index contributed by atoms with van der Waals surface area (Å²) in [5.74, 6) is 2.09. The number of carbonyl (C=O) groups excluding carboxylic acids is 1. The highest BCUT2D eigenvalue weighted by atomic mass is 35.5. The molecular weight excluding hydrogens is 400 g/mol. The van der Waals surface area contributed by atoms with Gasteiger partial charge in [0.1, 0.15) is 12.2 Å². The van der Waals surface area contributed by atoms with Crippen molar-refractivity contribution in [1.29, 1.82) is 0 Å². The van der Waals surface area contributed by atoms with E-state index < -0.39 is 0 Å². The van der Waals surface area contributed by atoms with E-state index in [0.29, 0.717) is 5.02 Å². The van der Waals surface area contributed by atoms with Crippen molar-refractivity contribution in [1.82, 2.24) is 19.5 Å². The molecule has 8 heteroatoms. The molecule has 0 aliphatic carbocycles. The van der Waals surface area contributed by atoms with Gasteiger partial charge in [-0.25, -0.2) is 15.0 Å². The molecule has 2 aromatic heterocycles. The number of fused-ring (bicyclic) bond motifs is 3. The Morgan fingerprint density at radius 1 is 1.03 bits per heavy atom. The third-order valence-electron chi connectivity index (χ3n) is 6.15. The van der Waals surface area contributed by atoms with Crippen molar-refractivity contribution in [2.45, 2.75) is 45.1 Å². The predicted molar refractivity (Wildman–Crippen MR) is 118 cm³/mol. The number of nitrogens with one attached hydrogen (secondary N) is 1. The number of hydrogen-bond acceptors (Lipinski definition) is 5. The predicted octanol–water partition coefficient (Wildman–Crippen LogP) is 4.06. The monoisotopic (exact) mass is 424 g/mol. The van der Waals surface area contributed by atoms with Gasteiger partial charge in [-0.15, -0.1) is 0 Å². The Morgan fingerprint density at radius 2 is 1.83 bits per heavy atom. The fourth-order valence-corrected chi connectivity index (χ4v) is 4.61. The van der Waals surface area contributed by atoms with E-state index in [2.05, 4.69) is 24.8 Å². The van der Waals surface area contributed by atoms with Crippen LogP contribution in [-0.2, 0) is 17.8 Å². The molecule has 1 N–H and O–H groups in total. The Bertz CT molecular complexity index is 1060. The molecule has 0 unspecified atom stereocenters. The van der Waals surface area contributed by atoms with Crippen molar-refractivity contribution in [2.75, 3.05) is 23.3 Å². The Hall–Kier alpha value is -2.67. The lowest BCUT2D eigenvalue weighted by atomic mass is 9.95. The second-order valence-electron chi connectivity index (χ2n) is 8.12. The molecule has 30 heavy (non-hydrogen) atoms. The molecule has 0 radical (unpaired) electrons. The van der Waals surface area contributed by atoms with Crippen molar-refractivity contribution in [3.05, 3.63) is 41.4 Å². The molecule has 5 rings (SSSR count). The van der Waals surface area contributed by atoms with Crippen LogP contribution in [-0.4, -0.2) is 38.5 Å². The van der Waals surface area contributed by atoms with Crippen molar-refractivity contribution < 1.29 is 4.79 Å². The summed E-state index contributed by atoms with van der Waals surface area (Å²) >= 11 is 5.92. The standard InChI is InChI=1S/C22H25ClN6O/c23-16-5-7-17(8-6-16)26-22(30)15-9-12-28(13-10-15)20-19-21(25-14-24-20)29-11-3-1-2-4-18(29)27-19/h5-8,14-15H,1-4,9-13H2,(H,26,30). The van der Waals surface area contributed by atoms with Gasteiger partial charge in [-0.1, -0.05) is 18.0 Å². The molecule has 2 aliphatic rings. The average molecular weight is 425 g/mol. The van der Waals surface area contributed by atoms with E-state index in [1.165, 1.54) is 19.3 Å². The number of anilines is 2. The van der Waals surface area contributed by atoms with Crippen LogP contribution in [0.1, 0.15) is 37.9 Å². The van der Waals surface area contributed by atoms with E-state index in [1.54, 1.807) is 18.5 Å². The van der Waals surface area contributed by atoms with E-state index in [4.69, 9.17) is 16.6 Å². The van der Waals surface area contributed by atoms with Crippen molar-refractivity contribution >= 4 is 40.2 Å². The highest BCUT2D eigenvalue weighted by Gasteiger charge is 2.28. The lowest BCUT2D eigenvalue weighted by Crippen LogP contribution is -2.38. The van der Waals surface area contributed by atoms with Crippen LogP contribution in [0.3, 0.4) is 0 Å². The van der Waals surface area contributed by atoms with E-state index in [1.807, 2.05) is 12.1 Å². The molecule has 2 aliphatic heterocycles. The first-order valence-electron chi connectivity index (χ1n) is 10.7. The summed E-state index contributed by atoms with van der Waals surface area (Å²) in [4.78, 5) is 28.9. The lowest BCUT2D eigenvalue weighted by molar-refractivity contribution is -0.120. The zero-order chi connectivity index (χ0) is 20.5. The molecule has 3 aromatic rings. The fraction of sp³-hybridized carbons (Fsp3) is 0.455. The molecule has 1 saturated heterocycles. The number of rotatable bonds is 3. The fourth-order valence-electron chi connectivity index (χ4n) is 4.49. The van der Waals surface area contributed by atoms with Crippen LogP contribution in [0, 0.1) is 5.92 Å². The highest BCUT2D eigenvalue weighted by Crippen LogP contribution is 2.29. The third kappa shape index (κ3) is 3.74. The van der Waals surface area contributed by atoms with Crippen LogP contribution < -0.4 is 10.2 Å². The zero-order valence-corrected chi connectivity index (χ0v) is 17.6. The van der Waals surface area contributed by atoms with Gasteiger partial charge in [0.15, 0.2) is 17.0 Å². The Kier molecular flexibility index (Phi) is 5.29. The maximum atomic E-state index is 12.7. The van der Waals surface area contributed by atoms with Gasteiger partial charge >= 0.3 is 0 Å². The summed E-state index contributed by atoms with van der Waals surface area (Å²) in [6.07, 6.45) is 7.83. The minimum absolute atomic E-state index is 0.00651. The quantitative estimate of drug-likeness (QED) is 0.686. The summed E-state index contributed by atoms with van der Waals surface area (Å²) in [6.45, 7) is 2.55. The van der Waals surface area contributed by atoms with E-state index in [9.17, 15) is 4.79 Å². The van der Waals surface area contributed by atoms with Gasteiger partial charge in [0.2, 0.25) is 5.91 Å². The number of benzene rings is 1. The normalized spacial score (nSPS) is 17.6. The molecule has 4 heterocycles. The molecule has 0 spiro atoms. The first-order valence-corrected chi connectivity index (χ1v) is 11.1. The second kappa shape index (κ2) is 8.22. The van der Waals surface area contributed by atoms with Crippen molar-refractivity contribution in [2.24, 2.45) is 5.92 Å². The number of aryl methyl sites for hydroxylation is 2. The topological polar surface area (TPSA) is 75.9 Å². The molecular formula is C22H25ClN6O. The van der Waals surface area contributed by atoms with Gasteiger partial charge in [-0.05, 0) is 49.9 Å². The summed E-state index contributed by atoms with van der Waals surface area (Å²) in [6, 6.07) is 7.23. The molecule has 0 saturated carbocycles. The lowest BCUT2D eigenvalue weighted by Gasteiger charge is -2.32. The van der Waals surface area contributed by atoms with Gasteiger partial charge in [-0.3, -0.25) is 4.79 Å². The number of nitrogens with zero attached hydrogens (tertiary/aromatic N) is 5. The van der Waals surface area contributed by atoms with Gasteiger partial charge in [0.05, 0.1) is 0 Å².